The van der Waals surface area contributed by atoms with Crippen molar-refractivity contribution in [3.8, 4) is 11.4 Å². The summed E-state index contributed by atoms with van der Waals surface area (Å²) >= 11 is 0. The zero-order valence-corrected chi connectivity index (χ0v) is 8.63. The third-order valence-electron chi connectivity index (χ3n) is 1.99. The SMILES string of the molecule is CCCOc1ccc(-n2cncn2)cc1. The van der Waals surface area contributed by atoms with Crippen LogP contribution in [0.25, 0.3) is 5.69 Å². The number of ether oxygens (including phenoxy) is 1. The highest BCUT2D eigenvalue weighted by molar-refractivity contribution is 5.36. The van der Waals surface area contributed by atoms with Gasteiger partial charge >= 0.3 is 0 Å². The molecular formula is C11H13N3O. The maximum Gasteiger partial charge on any atom is 0.138 e. The van der Waals surface area contributed by atoms with E-state index in [0.717, 1.165) is 24.5 Å². The van der Waals surface area contributed by atoms with E-state index in [2.05, 4.69) is 17.0 Å². The van der Waals surface area contributed by atoms with Gasteiger partial charge in [-0.2, -0.15) is 5.10 Å². The molecule has 15 heavy (non-hydrogen) atoms. The van der Waals surface area contributed by atoms with Gasteiger partial charge in [0, 0.05) is 0 Å². The first-order valence-electron chi connectivity index (χ1n) is 4.98. The minimum Gasteiger partial charge on any atom is -0.494 e. The Morgan fingerprint density at radius 2 is 2.07 bits per heavy atom. The van der Waals surface area contributed by atoms with Gasteiger partial charge in [0.1, 0.15) is 18.4 Å². The first-order chi connectivity index (χ1) is 7.40. The van der Waals surface area contributed by atoms with Crippen LogP contribution in [0.5, 0.6) is 5.75 Å². The Bertz CT molecular complexity index is 394. The molecule has 0 saturated carbocycles. The van der Waals surface area contributed by atoms with Gasteiger partial charge in [-0.15, -0.1) is 0 Å². The number of nitrogens with zero attached hydrogens (tertiary/aromatic N) is 3. The van der Waals surface area contributed by atoms with Crippen molar-refractivity contribution < 1.29 is 4.74 Å². The molecule has 2 aromatic rings. The lowest BCUT2D eigenvalue weighted by Gasteiger charge is -2.05. The molecule has 0 fully saturated rings. The zero-order chi connectivity index (χ0) is 10.5. The van der Waals surface area contributed by atoms with Gasteiger partial charge < -0.3 is 4.74 Å². The van der Waals surface area contributed by atoms with Crippen LogP contribution in [0.4, 0.5) is 0 Å². The van der Waals surface area contributed by atoms with Crippen LogP contribution in [0.3, 0.4) is 0 Å². The Morgan fingerprint density at radius 1 is 1.27 bits per heavy atom. The Kier molecular flexibility index (Phi) is 2.97. The molecular weight excluding hydrogens is 190 g/mol. The highest BCUT2D eigenvalue weighted by Gasteiger charge is 1.97. The van der Waals surface area contributed by atoms with Crippen molar-refractivity contribution in [2.24, 2.45) is 0 Å². The minimum atomic E-state index is 0.753. The van der Waals surface area contributed by atoms with Gasteiger partial charge in [-0.25, -0.2) is 9.67 Å². The number of rotatable bonds is 4. The summed E-state index contributed by atoms with van der Waals surface area (Å²) in [5.41, 5.74) is 0.983. The van der Waals surface area contributed by atoms with Gasteiger partial charge in [-0.05, 0) is 30.7 Å². The molecule has 1 heterocycles. The quantitative estimate of drug-likeness (QED) is 0.763. The lowest BCUT2D eigenvalue weighted by atomic mass is 10.3. The van der Waals surface area contributed by atoms with Crippen LogP contribution in [0.2, 0.25) is 0 Å². The number of aromatic nitrogens is 3. The molecule has 0 unspecified atom stereocenters. The lowest BCUT2D eigenvalue weighted by molar-refractivity contribution is 0.317. The van der Waals surface area contributed by atoms with Crippen LogP contribution < -0.4 is 4.74 Å². The second kappa shape index (κ2) is 4.59. The monoisotopic (exact) mass is 203 g/mol. The van der Waals surface area contributed by atoms with Crippen LogP contribution in [0, 0.1) is 0 Å². The van der Waals surface area contributed by atoms with Crippen molar-refractivity contribution in [2.75, 3.05) is 6.61 Å². The summed E-state index contributed by atoms with van der Waals surface area (Å²) in [7, 11) is 0. The smallest absolute Gasteiger partial charge is 0.138 e. The van der Waals surface area contributed by atoms with E-state index in [0.29, 0.717) is 0 Å². The Balaban J connectivity index is 2.11. The summed E-state index contributed by atoms with van der Waals surface area (Å²) in [6.45, 7) is 2.84. The Hall–Kier alpha value is -1.84. The van der Waals surface area contributed by atoms with Crippen molar-refractivity contribution in [3.05, 3.63) is 36.9 Å². The molecule has 0 N–H and O–H groups in total. The molecule has 0 aliphatic heterocycles. The first-order valence-corrected chi connectivity index (χ1v) is 4.98. The average molecular weight is 203 g/mol. The Morgan fingerprint density at radius 3 is 2.67 bits per heavy atom. The standard InChI is InChI=1S/C11H13N3O/c1-2-7-15-11-5-3-10(4-6-11)14-9-12-8-13-14/h3-6,8-9H,2,7H2,1H3. The summed E-state index contributed by atoms with van der Waals surface area (Å²) in [6, 6.07) is 7.79. The van der Waals surface area contributed by atoms with Crippen LogP contribution in [-0.2, 0) is 0 Å². The zero-order valence-electron chi connectivity index (χ0n) is 8.63. The topological polar surface area (TPSA) is 39.9 Å². The van der Waals surface area contributed by atoms with Crippen LogP contribution in [-0.4, -0.2) is 21.4 Å². The summed E-state index contributed by atoms with van der Waals surface area (Å²) in [5.74, 6) is 0.890. The number of hydrogen-bond donors (Lipinski definition) is 0. The molecule has 2 rings (SSSR count). The summed E-state index contributed by atoms with van der Waals surface area (Å²) in [6.07, 6.45) is 4.20. The number of hydrogen-bond acceptors (Lipinski definition) is 3. The molecule has 0 spiro atoms. The third-order valence-corrected chi connectivity index (χ3v) is 1.99. The normalized spacial score (nSPS) is 10.2. The predicted molar refractivity (Wildman–Crippen MR) is 57.1 cm³/mol. The van der Waals surface area contributed by atoms with Crippen molar-refractivity contribution in [1.82, 2.24) is 14.8 Å². The van der Waals surface area contributed by atoms with E-state index < -0.39 is 0 Å². The summed E-state index contributed by atoms with van der Waals surface area (Å²) < 4.78 is 7.19. The first kappa shape index (κ1) is 9.71. The van der Waals surface area contributed by atoms with Crippen LogP contribution in [0.1, 0.15) is 13.3 Å². The van der Waals surface area contributed by atoms with E-state index in [-0.39, 0.29) is 0 Å². The predicted octanol–water partition coefficient (Wildman–Crippen LogP) is 2.06. The lowest BCUT2D eigenvalue weighted by Crippen LogP contribution is -1.97. The van der Waals surface area contributed by atoms with Crippen molar-refractivity contribution in [2.45, 2.75) is 13.3 Å². The largest absolute Gasteiger partial charge is 0.494 e. The third kappa shape index (κ3) is 2.34. The Labute approximate surface area is 88.5 Å². The van der Waals surface area contributed by atoms with Gasteiger partial charge in [-0.1, -0.05) is 6.92 Å². The molecule has 0 bridgehead atoms. The second-order valence-corrected chi connectivity index (χ2v) is 3.18. The van der Waals surface area contributed by atoms with Crippen molar-refractivity contribution in [1.29, 1.82) is 0 Å². The van der Waals surface area contributed by atoms with Gasteiger partial charge in [0.25, 0.3) is 0 Å². The highest BCUT2D eigenvalue weighted by atomic mass is 16.5. The minimum absolute atomic E-state index is 0.753. The maximum absolute atomic E-state index is 5.48. The van der Waals surface area contributed by atoms with Gasteiger partial charge in [0.2, 0.25) is 0 Å². The fraction of sp³-hybridized carbons (Fsp3) is 0.273. The molecule has 0 saturated heterocycles. The molecule has 0 radical (unpaired) electrons. The van der Waals surface area contributed by atoms with E-state index in [1.807, 2.05) is 24.3 Å². The maximum atomic E-state index is 5.48. The van der Waals surface area contributed by atoms with E-state index >= 15 is 0 Å². The average Bonchev–Trinajstić information content (AvgIpc) is 2.80. The molecule has 0 amide bonds. The molecule has 1 aromatic heterocycles. The van der Waals surface area contributed by atoms with E-state index in [1.165, 1.54) is 6.33 Å². The second-order valence-electron chi connectivity index (χ2n) is 3.18. The van der Waals surface area contributed by atoms with E-state index in [9.17, 15) is 0 Å². The van der Waals surface area contributed by atoms with Crippen LogP contribution >= 0.6 is 0 Å². The number of benzene rings is 1. The molecule has 0 aliphatic carbocycles. The molecule has 4 heteroatoms. The van der Waals surface area contributed by atoms with E-state index in [1.54, 1.807) is 11.0 Å². The fourth-order valence-corrected chi connectivity index (χ4v) is 1.26. The van der Waals surface area contributed by atoms with Crippen molar-refractivity contribution in [3.63, 3.8) is 0 Å². The fourth-order valence-electron chi connectivity index (χ4n) is 1.26. The van der Waals surface area contributed by atoms with Gasteiger partial charge in [0.05, 0.1) is 12.3 Å². The van der Waals surface area contributed by atoms with Crippen molar-refractivity contribution >= 4 is 0 Å². The molecule has 1 aromatic carbocycles. The molecule has 0 aliphatic rings. The molecule has 78 valence electrons. The van der Waals surface area contributed by atoms with E-state index in [4.69, 9.17) is 4.74 Å². The van der Waals surface area contributed by atoms with Crippen LogP contribution in [0.15, 0.2) is 36.9 Å². The summed E-state index contributed by atoms with van der Waals surface area (Å²) in [5, 5.41) is 4.04. The van der Waals surface area contributed by atoms with Gasteiger partial charge in [-0.3, -0.25) is 0 Å². The summed E-state index contributed by atoms with van der Waals surface area (Å²) in [4.78, 5) is 3.89. The van der Waals surface area contributed by atoms with Gasteiger partial charge in [0.15, 0.2) is 0 Å². The highest BCUT2D eigenvalue weighted by Crippen LogP contribution is 2.14. The molecule has 4 nitrogen and oxygen atoms in total. The molecule has 0 atom stereocenters.